The normalized spacial score (nSPS) is 12.1. The second kappa shape index (κ2) is 10.3. The van der Waals surface area contributed by atoms with Crippen molar-refractivity contribution in [2.24, 2.45) is 0 Å². The van der Waals surface area contributed by atoms with E-state index in [1.807, 2.05) is 49.4 Å². The highest BCUT2D eigenvalue weighted by atomic mass is 79.9. The molecule has 0 unspecified atom stereocenters. The molecule has 0 saturated carbocycles. The highest BCUT2D eigenvalue weighted by Gasteiger charge is 2.16. The topological polar surface area (TPSA) is 89.8 Å². The molecule has 8 heteroatoms. The highest BCUT2D eigenvalue weighted by Crippen LogP contribution is 2.38. The average molecular weight is 521 g/mol. The van der Waals surface area contributed by atoms with E-state index < -0.39 is 5.91 Å². The van der Waals surface area contributed by atoms with Gasteiger partial charge in [-0.3, -0.25) is 4.79 Å². The lowest BCUT2D eigenvalue weighted by Gasteiger charge is -2.14. The van der Waals surface area contributed by atoms with Crippen molar-refractivity contribution in [3.8, 4) is 29.1 Å². The number of benzene rings is 3. The first-order chi connectivity index (χ1) is 16.5. The Bertz CT molecular complexity index is 1310. The van der Waals surface area contributed by atoms with Crippen LogP contribution in [0.25, 0.3) is 6.08 Å². The molecule has 4 rings (SSSR count). The molecule has 0 fully saturated rings. The molecule has 1 amide bonds. The van der Waals surface area contributed by atoms with Gasteiger partial charge in [-0.05, 0) is 82.0 Å². The maximum absolute atomic E-state index is 12.6. The summed E-state index contributed by atoms with van der Waals surface area (Å²) in [7, 11) is 1.53. The van der Waals surface area contributed by atoms with Gasteiger partial charge in [-0.2, -0.15) is 5.26 Å². The number of carbonyl (C=O) groups excluding carboxylic acids is 1. The van der Waals surface area contributed by atoms with Crippen molar-refractivity contribution in [1.82, 2.24) is 0 Å². The monoisotopic (exact) mass is 520 g/mol. The number of nitrogens with one attached hydrogen (secondary N) is 1. The third-order valence-electron chi connectivity index (χ3n) is 5.02. The van der Waals surface area contributed by atoms with Crippen molar-refractivity contribution in [2.75, 3.05) is 19.2 Å². The Hall–Kier alpha value is -3.96. The van der Waals surface area contributed by atoms with Gasteiger partial charge in [-0.25, -0.2) is 0 Å². The van der Waals surface area contributed by atoms with Crippen LogP contribution < -0.4 is 24.3 Å². The number of nitriles is 1. The summed E-state index contributed by atoms with van der Waals surface area (Å²) < 4.78 is 22.9. The number of hydrogen-bond donors (Lipinski definition) is 1. The molecule has 0 spiro atoms. The molecule has 34 heavy (non-hydrogen) atoms. The zero-order chi connectivity index (χ0) is 24.1. The van der Waals surface area contributed by atoms with Crippen LogP contribution in [0.3, 0.4) is 0 Å². The van der Waals surface area contributed by atoms with Gasteiger partial charge in [0.05, 0.1) is 11.6 Å². The molecule has 1 aliphatic heterocycles. The third kappa shape index (κ3) is 5.33. The van der Waals surface area contributed by atoms with Crippen LogP contribution in [0.5, 0.6) is 23.0 Å². The number of aryl methyl sites for hydroxylation is 1. The van der Waals surface area contributed by atoms with Gasteiger partial charge in [0.15, 0.2) is 23.0 Å². The first-order valence-electron chi connectivity index (χ1n) is 10.4. The van der Waals surface area contributed by atoms with E-state index in [1.54, 1.807) is 18.2 Å². The Morgan fingerprint density at radius 1 is 1.18 bits per heavy atom. The SMILES string of the molecule is COc1cc(/C=C(/C#N)C(=O)Nc2cccc(C)c2)cc(Br)c1OCc1ccc2c(c1)OCO2. The van der Waals surface area contributed by atoms with Gasteiger partial charge >= 0.3 is 0 Å². The summed E-state index contributed by atoms with van der Waals surface area (Å²) in [6.45, 7) is 2.42. The smallest absolute Gasteiger partial charge is 0.266 e. The minimum absolute atomic E-state index is 0.0375. The molecule has 1 heterocycles. The lowest BCUT2D eigenvalue weighted by Crippen LogP contribution is -2.13. The zero-order valence-electron chi connectivity index (χ0n) is 18.6. The van der Waals surface area contributed by atoms with Crippen LogP contribution >= 0.6 is 15.9 Å². The number of halogens is 1. The van der Waals surface area contributed by atoms with E-state index in [2.05, 4.69) is 21.2 Å². The lowest BCUT2D eigenvalue weighted by atomic mass is 10.1. The molecule has 7 nitrogen and oxygen atoms in total. The molecule has 0 saturated heterocycles. The predicted molar refractivity (Wildman–Crippen MR) is 131 cm³/mol. The zero-order valence-corrected chi connectivity index (χ0v) is 20.1. The summed E-state index contributed by atoms with van der Waals surface area (Å²) >= 11 is 3.51. The van der Waals surface area contributed by atoms with Crippen LogP contribution in [-0.4, -0.2) is 19.8 Å². The Morgan fingerprint density at radius 2 is 2.00 bits per heavy atom. The summed E-state index contributed by atoms with van der Waals surface area (Å²) in [6, 6.07) is 18.4. The molecule has 0 radical (unpaired) electrons. The molecular formula is C26H21BrN2O5. The van der Waals surface area contributed by atoms with Crippen LogP contribution in [0.2, 0.25) is 0 Å². The first kappa shape index (κ1) is 23.2. The highest BCUT2D eigenvalue weighted by molar-refractivity contribution is 9.10. The summed E-state index contributed by atoms with van der Waals surface area (Å²) in [5.41, 5.74) is 3.10. The number of ether oxygens (including phenoxy) is 4. The molecule has 0 aliphatic carbocycles. The molecule has 3 aromatic rings. The van der Waals surface area contributed by atoms with E-state index in [1.165, 1.54) is 13.2 Å². The molecule has 1 N–H and O–H groups in total. The van der Waals surface area contributed by atoms with E-state index in [-0.39, 0.29) is 19.0 Å². The van der Waals surface area contributed by atoms with Gasteiger partial charge in [0.1, 0.15) is 18.2 Å². The maximum Gasteiger partial charge on any atom is 0.266 e. The number of fused-ring (bicyclic) bond motifs is 1. The standard InChI is InChI=1S/C26H21BrN2O5/c1-16-4-3-5-20(8-16)29-26(30)19(13-28)9-18-10-21(27)25(24(12-18)31-2)32-14-17-6-7-22-23(11-17)34-15-33-22/h3-12H,14-15H2,1-2H3,(H,29,30)/b19-9-. The first-order valence-corrected chi connectivity index (χ1v) is 11.1. The Balaban J connectivity index is 1.52. The van der Waals surface area contributed by atoms with Crippen molar-refractivity contribution in [1.29, 1.82) is 5.26 Å². The third-order valence-corrected chi connectivity index (χ3v) is 5.61. The van der Waals surface area contributed by atoms with E-state index in [0.717, 1.165) is 11.1 Å². The quantitative estimate of drug-likeness (QED) is 0.321. The molecule has 172 valence electrons. The van der Waals surface area contributed by atoms with Crippen LogP contribution in [0.1, 0.15) is 16.7 Å². The van der Waals surface area contributed by atoms with E-state index in [9.17, 15) is 10.1 Å². The van der Waals surface area contributed by atoms with Gasteiger partial charge in [0.2, 0.25) is 6.79 Å². The molecular weight excluding hydrogens is 500 g/mol. The number of hydrogen-bond acceptors (Lipinski definition) is 6. The fraction of sp³-hybridized carbons (Fsp3) is 0.154. The van der Waals surface area contributed by atoms with Crippen molar-refractivity contribution in [2.45, 2.75) is 13.5 Å². The summed E-state index contributed by atoms with van der Waals surface area (Å²) in [5, 5.41) is 12.3. The number of anilines is 1. The van der Waals surface area contributed by atoms with Crippen molar-refractivity contribution < 1.29 is 23.7 Å². The van der Waals surface area contributed by atoms with Crippen molar-refractivity contribution >= 4 is 33.6 Å². The van der Waals surface area contributed by atoms with Gasteiger partial charge in [-0.1, -0.05) is 18.2 Å². The summed E-state index contributed by atoms with van der Waals surface area (Å²) in [6.07, 6.45) is 1.50. The average Bonchev–Trinajstić information content (AvgIpc) is 3.29. The van der Waals surface area contributed by atoms with Crippen LogP contribution in [0.4, 0.5) is 5.69 Å². The molecule has 1 aliphatic rings. The second-order valence-electron chi connectivity index (χ2n) is 7.50. The number of amides is 1. The Kier molecular flexibility index (Phi) is 7.04. The van der Waals surface area contributed by atoms with Gasteiger partial charge < -0.3 is 24.3 Å². The Morgan fingerprint density at radius 3 is 2.76 bits per heavy atom. The Labute approximate surface area is 205 Å². The van der Waals surface area contributed by atoms with Gasteiger partial charge in [0, 0.05) is 5.69 Å². The van der Waals surface area contributed by atoms with Gasteiger partial charge in [-0.15, -0.1) is 0 Å². The van der Waals surface area contributed by atoms with Crippen LogP contribution in [-0.2, 0) is 11.4 Å². The van der Waals surface area contributed by atoms with Crippen molar-refractivity contribution in [3.63, 3.8) is 0 Å². The molecule has 0 aromatic heterocycles. The van der Waals surface area contributed by atoms with Crippen LogP contribution in [0.15, 0.2) is 64.6 Å². The largest absolute Gasteiger partial charge is 0.493 e. The van der Waals surface area contributed by atoms with E-state index in [0.29, 0.717) is 38.7 Å². The number of methoxy groups -OCH3 is 1. The minimum atomic E-state index is -0.494. The van der Waals surface area contributed by atoms with E-state index in [4.69, 9.17) is 18.9 Å². The maximum atomic E-state index is 12.6. The van der Waals surface area contributed by atoms with Gasteiger partial charge in [0.25, 0.3) is 5.91 Å². The molecule has 0 atom stereocenters. The lowest BCUT2D eigenvalue weighted by molar-refractivity contribution is -0.112. The number of carbonyl (C=O) groups is 1. The van der Waals surface area contributed by atoms with Crippen molar-refractivity contribution in [3.05, 3.63) is 81.3 Å². The summed E-state index contributed by atoms with van der Waals surface area (Å²) in [4.78, 5) is 12.6. The molecule has 0 bridgehead atoms. The number of rotatable bonds is 7. The van der Waals surface area contributed by atoms with E-state index >= 15 is 0 Å². The van der Waals surface area contributed by atoms with Crippen LogP contribution in [0, 0.1) is 18.3 Å². The second-order valence-corrected chi connectivity index (χ2v) is 8.36. The number of nitrogens with zero attached hydrogens (tertiary/aromatic N) is 1. The fourth-order valence-corrected chi connectivity index (χ4v) is 3.96. The predicted octanol–water partition coefficient (Wildman–Crippen LogP) is 5.62. The minimum Gasteiger partial charge on any atom is -0.493 e. The summed E-state index contributed by atoms with van der Waals surface area (Å²) in [5.74, 6) is 1.85. The molecule has 3 aromatic carbocycles. The fourth-order valence-electron chi connectivity index (χ4n) is 3.39.